The van der Waals surface area contributed by atoms with Gasteiger partial charge in [-0.2, -0.15) is 0 Å². The lowest BCUT2D eigenvalue weighted by molar-refractivity contribution is -0.151. The molecular weight excluding hydrogens is 447 g/mol. The first-order chi connectivity index (χ1) is 16.6. The van der Waals surface area contributed by atoms with Crippen LogP contribution in [0.5, 0.6) is 0 Å². The minimum atomic E-state index is -0.272. The number of methoxy groups -OCH3 is 1. The third-order valence-electron chi connectivity index (χ3n) is 6.78. The molecule has 4 nitrogen and oxygen atoms in total. The van der Waals surface area contributed by atoms with E-state index in [1.807, 2.05) is 24.3 Å². The lowest BCUT2D eigenvalue weighted by Crippen LogP contribution is -2.49. The molecule has 34 heavy (non-hydrogen) atoms. The van der Waals surface area contributed by atoms with Crippen LogP contribution in [0.2, 0.25) is 0 Å². The third kappa shape index (κ3) is 3.63. The molecule has 2 aliphatic rings. The van der Waals surface area contributed by atoms with Crippen molar-refractivity contribution in [3.8, 4) is 10.6 Å². The van der Waals surface area contributed by atoms with Crippen LogP contribution in [0.3, 0.4) is 0 Å². The average Bonchev–Trinajstić information content (AvgIpc) is 3.54. The Morgan fingerprint density at radius 1 is 1.09 bits per heavy atom. The molecule has 0 N–H and O–H groups in total. The van der Waals surface area contributed by atoms with Crippen molar-refractivity contribution in [1.29, 1.82) is 0 Å². The number of nitrogens with zero attached hydrogens (tertiary/aromatic N) is 2. The first-order valence-corrected chi connectivity index (χ1v) is 12.1. The third-order valence-corrected chi connectivity index (χ3v) is 7.83. The molecule has 170 valence electrons. The minimum absolute atomic E-state index is 0.0753. The van der Waals surface area contributed by atoms with Crippen LogP contribution >= 0.6 is 11.3 Å². The van der Waals surface area contributed by atoms with Crippen molar-refractivity contribution in [1.82, 2.24) is 9.88 Å². The Labute approximate surface area is 201 Å². The Morgan fingerprint density at radius 2 is 1.88 bits per heavy atom. The van der Waals surface area contributed by atoms with Gasteiger partial charge in [0.2, 0.25) is 0 Å². The maximum Gasteiger partial charge on any atom is 0.311 e. The number of esters is 1. The van der Waals surface area contributed by atoms with Crippen molar-refractivity contribution in [2.24, 2.45) is 5.92 Å². The zero-order chi connectivity index (χ0) is 23.3. The van der Waals surface area contributed by atoms with Gasteiger partial charge < -0.3 is 4.74 Å². The van der Waals surface area contributed by atoms with Gasteiger partial charge >= 0.3 is 5.97 Å². The summed E-state index contributed by atoms with van der Waals surface area (Å²) < 4.78 is 20.9. The summed E-state index contributed by atoms with van der Waals surface area (Å²) in [5, 5.41) is 0.684. The second-order valence-corrected chi connectivity index (χ2v) is 10.0. The fraction of sp³-hybridized carbons (Fsp3) is 0.214. The number of thiazole rings is 1. The molecule has 3 aromatic carbocycles. The van der Waals surface area contributed by atoms with Crippen LogP contribution in [-0.4, -0.2) is 36.1 Å². The van der Waals surface area contributed by atoms with Gasteiger partial charge in [-0.15, -0.1) is 11.3 Å². The monoisotopic (exact) mass is 470 g/mol. The highest BCUT2D eigenvalue weighted by Gasteiger charge is 2.38. The molecule has 0 saturated carbocycles. The lowest BCUT2D eigenvalue weighted by Gasteiger charge is -2.37. The standard InChI is InChI=1S/C28H23FN2O2S/c1-33-27(32)19-16-31(17-19)15-18-7-9-22(23(29)13-18)26-30-24-10-8-21(14-25(24)34-26)28(11-12-28)20-5-3-2-4-6-20/h2-14,19H,15-17H2,1H3. The predicted octanol–water partition coefficient (Wildman–Crippen LogP) is 5.56. The van der Waals surface area contributed by atoms with Gasteiger partial charge in [-0.25, -0.2) is 9.37 Å². The van der Waals surface area contributed by atoms with E-state index < -0.39 is 0 Å². The summed E-state index contributed by atoms with van der Waals surface area (Å²) in [6, 6.07) is 22.1. The first kappa shape index (κ1) is 21.2. The van der Waals surface area contributed by atoms with Crippen LogP contribution in [0.4, 0.5) is 4.39 Å². The number of fused-ring (bicyclic) bond motifs is 1. The number of hydrogen-bond donors (Lipinski definition) is 0. The molecule has 1 aromatic heterocycles. The Hall–Kier alpha value is -3.35. The molecule has 0 unspecified atom stereocenters. The SMILES string of the molecule is COC(=O)C1CN(Cc2ccc(-c3nc4ccc(C5(c6ccccc6)C=C5)cc4s3)c(F)c2)C1. The van der Waals surface area contributed by atoms with Gasteiger partial charge in [0.15, 0.2) is 0 Å². The van der Waals surface area contributed by atoms with Gasteiger partial charge in [0.05, 0.1) is 28.7 Å². The van der Waals surface area contributed by atoms with E-state index in [0.29, 0.717) is 30.2 Å². The zero-order valence-electron chi connectivity index (χ0n) is 18.7. The molecule has 0 radical (unpaired) electrons. The fourth-order valence-electron chi connectivity index (χ4n) is 4.75. The van der Waals surface area contributed by atoms with Crippen LogP contribution < -0.4 is 0 Å². The first-order valence-electron chi connectivity index (χ1n) is 11.3. The second kappa shape index (κ2) is 8.15. The summed E-state index contributed by atoms with van der Waals surface area (Å²) in [6.45, 7) is 1.91. The molecule has 0 atom stereocenters. The molecule has 6 heteroatoms. The largest absolute Gasteiger partial charge is 0.469 e. The van der Waals surface area contributed by atoms with Gasteiger partial charge in [-0.3, -0.25) is 9.69 Å². The Morgan fingerprint density at radius 3 is 2.59 bits per heavy atom. The number of likely N-dealkylation sites (tertiary alicyclic amines) is 1. The van der Waals surface area contributed by atoms with Crippen molar-refractivity contribution >= 4 is 27.5 Å². The fourth-order valence-corrected chi connectivity index (χ4v) is 5.78. The number of aromatic nitrogens is 1. The smallest absolute Gasteiger partial charge is 0.311 e. The number of allylic oxidation sites excluding steroid dienone is 2. The van der Waals surface area contributed by atoms with Crippen LogP contribution in [0.25, 0.3) is 20.8 Å². The molecule has 0 bridgehead atoms. The number of carbonyl (C=O) groups excluding carboxylic acids is 1. The van der Waals surface area contributed by atoms with E-state index in [9.17, 15) is 4.79 Å². The molecule has 1 aliphatic carbocycles. The van der Waals surface area contributed by atoms with Crippen molar-refractivity contribution < 1.29 is 13.9 Å². The number of benzene rings is 3. The van der Waals surface area contributed by atoms with Crippen molar-refractivity contribution in [3.05, 3.63) is 101 Å². The van der Waals surface area contributed by atoms with Crippen LogP contribution in [0, 0.1) is 11.7 Å². The highest BCUT2D eigenvalue weighted by Crippen LogP contribution is 2.46. The Balaban J connectivity index is 1.22. The number of rotatable bonds is 6. The Bertz CT molecular complexity index is 1420. The van der Waals surface area contributed by atoms with Crippen LogP contribution in [-0.2, 0) is 21.5 Å². The molecule has 1 aliphatic heterocycles. The summed E-state index contributed by atoms with van der Waals surface area (Å²) in [5.41, 5.74) is 4.60. The van der Waals surface area contributed by atoms with E-state index in [0.717, 1.165) is 15.8 Å². The minimum Gasteiger partial charge on any atom is -0.469 e. The number of carbonyl (C=O) groups is 1. The molecule has 1 saturated heterocycles. The van der Waals surface area contributed by atoms with Crippen molar-refractivity contribution in [3.63, 3.8) is 0 Å². The molecule has 0 spiro atoms. The van der Waals surface area contributed by atoms with E-state index in [-0.39, 0.29) is 23.1 Å². The summed E-state index contributed by atoms with van der Waals surface area (Å²) in [5.74, 6) is -0.524. The molecule has 1 fully saturated rings. The molecule has 2 heterocycles. The average molecular weight is 471 g/mol. The van der Waals surface area contributed by atoms with Gasteiger partial charge in [-0.1, -0.05) is 54.6 Å². The highest BCUT2D eigenvalue weighted by molar-refractivity contribution is 7.21. The van der Waals surface area contributed by atoms with Gasteiger partial charge in [0, 0.05) is 25.2 Å². The Kier molecular flexibility index (Phi) is 5.08. The van der Waals surface area contributed by atoms with E-state index in [1.54, 1.807) is 6.07 Å². The molecular formula is C28H23FN2O2S. The highest BCUT2D eigenvalue weighted by atomic mass is 32.1. The van der Waals surface area contributed by atoms with E-state index in [2.05, 4.69) is 53.5 Å². The normalized spacial score (nSPS) is 17.0. The zero-order valence-corrected chi connectivity index (χ0v) is 19.5. The summed E-state index contributed by atoms with van der Waals surface area (Å²) >= 11 is 1.52. The van der Waals surface area contributed by atoms with Gasteiger partial charge in [-0.05, 0) is 41.0 Å². The summed E-state index contributed by atoms with van der Waals surface area (Å²) in [6.07, 6.45) is 4.44. The number of halogens is 1. The molecule has 0 amide bonds. The predicted molar refractivity (Wildman–Crippen MR) is 132 cm³/mol. The molecule has 4 aromatic rings. The lowest BCUT2D eigenvalue weighted by atomic mass is 9.86. The van der Waals surface area contributed by atoms with E-state index >= 15 is 4.39 Å². The maximum atomic E-state index is 15.1. The van der Waals surface area contributed by atoms with Gasteiger partial charge in [0.1, 0.15) is 10.8 Å². The number of hydrogen-bond acceptors (Lipinski definition) is 5. The van der Waals surface area contributed by atoms with Crippen LogP contribution in [0.15, 0.2) is 78.9 Å². The van der Waals surface area contributed by atoms with Gasteiger partial charge in [0.25, 0.3) is 0 Å². The van der Waals surface area contributed by atoms with Crippen molar-refractivity contribution in [2.75, 3.05) is 20.2 Å². The van der Waals surface area contributed by atoms with Crippen LogP contribution in [0.1, 0.15) is 16.7 Å². The van der Waals surface area contributed by atoms with E-state index in [4.69, 9.17) is 9.72 Å². The van der Waals surface area contributed by atoms with Crippen molar-refractivity contribution in [2.45, 2.75) is 12.0 Å². The molecule has 6 rings (SSSR count). The number of ether oxygens (including phenoxy) is 1. The summed E-state index contributed by atoms with van der Waals surface area (Å²) in [4.78, 5) is 18.4. The maximum absolute atomic E-state index is 15.1. The van der Waals surface area contributed by atoms with E-state index in [1.165, 1.54) is 29.6 Å². The second-order valence-electron chi connectivity index (χ2n) is 9.00. The topological polar surface area (TPSA) is 42.4 Å². The quantitative estimate of drug-likeness (QED) is 0.273. The summed E-state index contributed by atoms with van der Waals surface area (Å²) in [7, 11) is 1.41.